The van der Waals surface area contributed by atoms with Crippen molar-refractivity contribution < 1.29 is 4.74 Å². The first-order valence-corrected chi connectivity index (χ1v) is 6.49. The largest absolute Gasteiger partial charge is 0.381 e. The summed E-state index contributed by atoms with van der Waals surface area (Å²) in [5.41, 5.74) is 6.00. The average molecular weight is 223 g/mol. The number of ether oxygens (including phenoxy) is 1. The van der Waals surface area contributed by atoms with Crippen molar-refractivity contribution in [3.8, 4) is 0 Å². The van der Waals surface area contributed by atoms with Crippen LogP contribution in [0.2, 0.25) is 0 Å². The summed E-state index contributed by atoms with van der Waals surface area (Å²) < 4.78 is 5.43. The van der Waals surface area contributed by atoms with Crippen LogP contribution in [0.1, 0.15) is 25.7 Å². The van der Waals surface area contributed by atoms with E-state index < -0.39 is 0 Å². The van der Waals surface area contributed by atoms with E-state index in [9.17, 15) is 0 Å². The lowest BCUT2D eigenvalue weighted by Gasteiger charge is -2.34. The molecular formula is C12H21N3O. The van der Waals surface area contributed by atoms with E-state index in [4.69, 9.17) is 10.5 Å². The third-order valence-electron chi connectivity index (χ3n) is 4.10. The van der Waals surface area contributed by atoms with Gasteiger partial charge < -0.3 is 15.4 Å². The molecule has 3 rings (SSSR count). The number of aliphatic imine (C=N–C) groups is 1. The molecule has 0 aromatic heterocycles. The van der Waals surface area contributed by atoms with Gasteiger partial charge in [-0.05, 0) is 37.5 Å². The number of guanidine groups is 1. The summed E-state index contributed by atoms with van der Waals surface area (Å²) in [5.74, 6) is 2.40. The molecule has 3 aliphatic rings. The molecule has 2 aliphatic heterocycles. The molecule has 0 aromatic carbocycles. The van der Waals surface area contributed by atoms with Gasteiger partial charge in [-0.3, -0.25) is 4.99 Å². The van der Waals surface area contributed by atoms with Gasteiger partial charge in [-0.2, -0.15) is 0 Å². The molecule has 1 saturated heterocycles. The smallest absolute Gasteiger partial charge is 0.191 e. The van der Waals surface area contributed by atoms with Gasteiger partial charge in [0.25, 0.3) is 0 Å². The highest BCUT2D eigenvalue weighted by atomic mass is 16.5. The zero-order valence-corrected chi connectivity index (χ0v) is 9.77. The van der Waals surface area contributed by atoms with Gasteiger partial charge in [0.2, 0.25) is 0 Å². The Morgan fingerprint density at radius 2 is 2.00 bits per heavy atom. The molecule has 0 aromatic rings. The summed E-state index contributed by atoms with van der Waals surface area (Å²) in [4.78, 5) is 6.80. The first-order chi connectivity index (χ1) is 7.84. The van der Waals surface area contributed by atoms with E-state index in [-0.39, 0.29) is 0 Å². The second-order valence-electron chi connectivity index (χ2n) is 5.31. The Labute approximate surface area is 96.8 Å². The van der Waals surface area contributed by atoms with Crippen LogP contribution in [0.5, 0.6) is 0 Å². The molecule has 2 N–H and O–H groups in total. The van der Waals surface area contributed by atoms with Crippen molar-refractivity contribution in [2.45, 2.75) is 31.7 Å². The van der Waals surface area contributed by atoms with Crippen molar-refractivity contribution in [3.05, 3.63) is 0 Å². The number of rotatable bonds is 3. The van der Waals surface area contributed by atoms with Crippen LogP contribution in [0.15, 0.2) is 4.99 Å². The molecule has 1 aliphatic carbocycles. The quantitative estimate of drug-likeness (QED) is 0.770. The second-order valence-corrected chi connectivity index (χ2v) is 5.31. The number of nitrogens with zero attached hydrogens (tertiary/aromatic N) is 2. The van der Waals surface area contributed by atoms with Gasteiger partial charge in [-0.25, -0.2) is 0 Å². The highest BCUT2D eigenvalue weighted by Gasteiger charge is 2.36. The topological polar surface area (TPSA) is 50.9 Å². The van der Waals surface area contributed by atoms with Crippen molar-refractivity contribution in [1.29, 1.82) is 0 Å². The molecule has 1 atom stereocenters. The molecule has 0 spiro atoms. The SMILES string of the molecule is NC1=NCC(C2CCOCC2)N1CC1CC1. The Balaban J connectivity index is 1.64. The van der Waals surface area contributed by atoms with Crippen LogP contribution in [-0.2, 0) is 4.74 Å². The number of hydrogen-bond acceptors (Lipinski definition) is 4. The summed E-state index contributed by atoms with van der Waals surface area (Å²) in [6, 6.07) is 0.560. The Morgan fingerprint density at radius 1 is 1.25 bits per heavy atom. The molecule has 1 saturated carbocycles. The van der Waals surface area contributed by atoms with Gasteiger partial charge in [0.05, 0.1) is 12.6 Å². The van der Waals surface area contributed by atoms with Gasteiger partial charge in [0.1, 0.15) is 0 Å². The predicted octanol–water partition coefficient (Wildman–Crippen LogP) is 0.822. The zero-order chi connectivity index (χ0) is 11.0. The van der Waals surface area contributed by atoms with Crippen molar-refractivity contribution >= 4 is 5.96 Å². The molecule has 0 amide bonds. The van der Waals surface area contributed by atoms with Crippen molar-refractivity contribution in [3.63, 3.8) is 0 Å². The van der Waals surface area contributed by atoms with Gasteiger partial charge in [0.15, 0.2) is 5.96 Å². The van der Waals surface area contributed by atoms with Crippen molar-refractivity contribution in [2.75, 3.05) is 26.3 Å². The monoisotopic (exact) mass is 223 g/mol. The predicted molar refractivity (Wildman–Crippen MR) is 63.3 cm³/mol. The minimum absolute atomic E-state index is 0.560. The molecule has 2 heterocycles. The number of hydrogen-bond donors (Lipinski definition) is 1. The highest BCUT2D eigenvalue weighted by molar-refractivity contribution is 5.80. The first kappa shape index (κ1) is 10.4. The fourth-order valence-electron chi connectivity index (χ4n) is 2.86. The van der Waals surface area contributed by atoms with E-state index in [2.05, 4.69) is 9.89 Å². The van der Waals surface area contributed by atoms with Crippen molar-refractivity contribution in [1.82, 2.24) is 4.90 Å². The van der Waals surface area contributed by atoms with Crippen LogP contribution in [0, 0.1) is 11.8 Å². The lowest BCUT2D eigenvalue weighted by atomic mass is 9.91. The highest BCUT2D eigenvalue weighted by Crippen LogP contribution is 2.33. The minimum Gasteiger partial charge on any atom is -0.381 e. The van der Waals surface area contributed by atoms with Gasteiger partial charge >= 0.3 is 0 Å². The van der Waals surface area contributed by atoms with Gasteiger partial charge in [0, 0.05) is 19.8 Å². The fourth-order valence-corrected chi connectivity index (χ4v) is 2.86. The van der Waals surface area contributed by atoms with E-state index in [0.29, 0.717) is 6.04 Å². The van der Waals surface area contributed by atoms with Crippen LogP contribution in [0.3, 0.4) is 0 Å². The maximum absolute atomic E-state index is 6.00. The lowest BCUT2D eigenvalue weighted by molar-refractivity contribution is 0.0438. The second kappa shape index (κ2) is 4.24. The van der Waals surface area contributed by atoms with E-state index in [1.165, 1.54) is 25.7 Å². The molecule has 0 bridgehead atoms. The van der Waals surface area contributed by atoms with Gasteiger partial charge in [-0.15, -0.1) is 0 Å². The van der Waals surface area contributed by atoms with Crippen molar-refractivity contribution in [2.24, 2.45) is 22.6 Å². The summed E-state index contributed by atoms with van der Waals surface area (Å²) in [6.07, 6.45) is 5.11. The van der Waals surface area contributed by atoms with Crippen LogP contribution < -0.4 is 5.73 Å². The normalized spacial score (nSPS) is 31.9. The average Bonchev–Trinajstić information content (AvgIpc) is 3.06. The summed E-state index contributed by atoms with van der Waals surface area (Å²) in [5, 5.41) is 0. The van der Waals surface area contributed by atoms with Crippen LogP contribution in [-0.4, -0.2) is 43.2 Å². The van der Waals surface area contributed by atoms with E-state index >= 15 is 0 Å². The zero-order valence-electron chi connectivity index (χ0n) is 9.77. The minimum atomic E-state index is 0.560. The third kappa shape index (κ3) is 2.03. The Morgan fingerprint density at radius 3 is 2.69 bits per heavy atom. The molecule has 2 fully saturated rings. The standard InChI is InChI=1S/C12H21N3O/c13-12-14-7-11(10-3-5-16-6-4-10)15(12)8-9-1-2-9/h9-11H,1-8H2,(H2,13,14). The molecule has 90 valence electrons. The van der Waals surface area contributed by atoms with Crippen LogP contribution in [0.25, 0.3) is 0 Å². The first-order valence-electron chi connectivity index (χ1n) is 6.49. The van der Waals surface area contributed by atoms with E-state index in [0.717, 1.165) is 44.1 Å². The molecule has 16 heavy (non-hydrogen) atoms. The maximum Gasteiger partial charge on any atom is 0.191 e. The molecule has 4 heteroatoms. The van der Waals surface area contributed by atoms with Crippen LogP contribution >= 0.6 is 0 Å². The molecule has 1 unspecified atom stereocenters. The Bertz CT molecular complexity index is 282. The third-order valence-corrected chi connectivity index (χ3v) is 4.10. The van der Waals surface area contributed by atoms with Crippen LogP contribution in [0.4, 0.5) is 0 Å². The van der Waals surface area contributed by atoms with E-state index in [1.807, 2.05) is 0 Å². The molecular weight excluding hydrogens is 202 g/mol. The summed E-state index contributed by atoms with van der Waals surface area (Å²) in [6.45, 7) is 3.87. The Hall–Kier alpha value is -0.770. The Kier molecular flexibility index (Phi) is 2.75. The number of nitrogens with two attached hydrogens (primary N) is 1. The summed E-state index contributed by atoms with van der Waals surface area (Å²) >= 11 is 0. The fraction of sp³-hybridized carbons (Fsp3) is 0.917. The molecule has 4 nitrogen and oxygen atoms in total. The molecule has 0 radical (unpaired) electrons. The lowest BCUT2D eigenvalue weighted by Crippen LogP contribution is -2.46. The summed E-state index contributed by atoms with van der Waals surface area (Å²) in [7, 11) is 0. The van der Waals surface area contributed by atoms with Gasteiger partial charge in [-0.1, -0.05) is 0 Å². The maximum atomic E-state index is 6.00. The van der Waals surface area contributed by atoms with E-state index in [1.54, 1.807) is 0 Å².